The highest BCUT2D eigenvalue weighted by Gasteiger charge is 2.19. The average Bonchev–Trinajstić information content (AvgIpc) is 2.54. The van der Waals surface area contributed by atoms with Gasteiger partial charge < -0.3 is 15.4 Å². The maximum atomic E-state index is 12.6. The van der Waals surface area contributed by atoms with E-state index in [4.69, 9.17) is 4.74 Å². The molecule has 0 heterocycles. The highest BCUT2D eigenvalue weighted by Crippen LogP contribution is 2.22. The van der Waals surface area contributed by atoms with E-state index in [1.54, 1.807) is 42.5 Å². The van der Waals surface area contributed by atoms with Crippen LogP contribution in [-0.4, -0.2) is 24.0 Å². The summed E-state index contributed by atoms with van der Waals surface area (Å²) in [6, 6.07) is 14.0. The van der Waals surface area contributed by atoms with Crippen molar-refractivity contribution in [3.8, 4) is 5.75 Å². The van der Waals surface area contributed by atoms with Crippen LogP contribution in [0.4, 0.5) is 5.69 Å². The summed E-state index contributed by atoms with van der Waals surface area (Å²) in [5.74, 6) is -0.0410. The molecule has 0 saturated heterocycles. The van der Waals surface area contributed by atoms with Gasteiger partial charge in [0.15, 0.2) is 0 Å². The van der Waals surface area contributed by atoms with E-state index >= 15 is 0 Å². The Morgan fingerprint density at radius 1 is 0.920 bits per heavy atom. The molecule has 2 aromatic carbocycles. The Balaban J connectivity index is 2.27. The van der Waals surface area contributed by atoms with E-state index in [1.807, 2.05) is 33.8 Å². The van der Waals surface area contributed by atoms with Gasteiger partial charge in [0.25, 0.3) is 11.8 Å². The van der Waals surface area contributed by atoms with Gasteiger partial charge in [0.05, 0.1) is 23.4 Å². The van der Waals surface area contributed by atoms with E-state index in [-0.39, 0.29) is 17.4 Å². The third kappa shape index (κ3) is 5.08. The summed E-state index contributed by atoms with van der Waals surface area (Å²) in [6.07, 6.45) is 0. The fourth-order valence-electron chi connectivity index (χ4n) is 2.32. The minimum absolute atomic E-state index is 0.235. The van der Waals surface area contributed by atoms with Crippen molar-refractivity contribution in [3.63, 3.8) is 0 Å². The van der Waals surface area contributed by atoms with Crippen LogP contribution in [0.1, 0.15) is 48.4 Å². The van der Waals surface area contributed by atoms with Gasteiger partial charge in [-0.3, -0.25) is 9.59 Å². The van der Waals surface area contributed by atoms with Crippen molar-refractivity contribution in [1.82, 2.24) is 5.32 Å². The first kappa shape index (κ1) is 18.5. The Morgan fingerprint density at radius 2 is 1.52 bits per heavy atom. The second kappa shape index (κ2) is 7.83. The van der Waals surface area contributed by atoms with Gasteiger partial charge in [0.1, 0.15) is 5.75 Å². The molecule has 0 spiro atoms. The molecule has 0 bridgehead atoms. The van der Waals surface area contributed by atoms with Crippen molar-refractivity contribution in [2.45, 2.75) is 33.2 Å². The number of carbonyl (C=O) groups is 2. The van der Waals surface area contributed by atoms with Gasteiger partial charge in [-0.25, -0.2) is 0 Å². The standard InChI is InChI=1S/C20H24N2O3/c1-5-25-17-13-9-7-11-15(17)18(23)21-16-12-8-6-10-14(16)19(24)22-20(2,3)4/h6-13H,5H2,1-4H3,(H,21,23)(H,22,24). The van der Waals surface area contributed by atoms with E-state index in [2.05, 4.69) is 10.6 Å². The number of carbonyl (C=O) groups excluding carboxylic acids is 2. The van der Waals surface area contributed by atoms with Crippen molar-refractivity contribution in [3.05, 3.63) is 59.7 Å². The van der Waals surface area contributed by atoms with Gasteiger partial charge in [-0.15, -0.1) is 0 Å². The van der Waals surface area contributed by atoms with Crippen molar-refractivity contribution in [2.75, 3.05) is 11.9 Å². The fraction of sp³-hybridized carbons (Fsp3) is 0.300. The number of hydrogen-bond donors (Lipinski definition) is 2. The first-order chi connectivity index (χ1) is 11.8. The number of nitrogens with one attached hydrogen (secondary N) is 2. The Labute approximate surface area is 148 Å². The molecule has 0 aliphatic heterocycles. The predicted molar refractivity (Wildman–Crippen MR) is 99.2 cm³/mol. The molecule has 0 atom stereocenters. The second-order valence-electron chi connectivity index (χ2n) is 6.63. The molecule has 0 saturated carbocycles. The predicted octanol–water partition coefficient (Wildman–Crippen LogP) is 3.87. The van der Waals surface area contributed by atoms with E-state index in [0.717, 1.165) is 0 Å². The largest absolute Gasteiger partial charge is 0.493 e. The molecular weight excluding hydrogens is 316 g/mol. The summed E-state index contributed by atoms with van der Waals surface area (Å²) in [5.41, 5.74) is 0.936. The van der Waals surface area contributed by atoms with E-state index in [0.29, 0.717) is 29.2 Å². The summed E-state index contributed by atoms with van der Waals surface area (Å²) in [5, 5.41) is 5.72. The minimum atomic E-state index is -0.365. The number of para-hydroxylation sites is 2. The van der Waals surface area contributed by atoms with E-state index < -0.39 is 0 Å². The number of rotatable bonds is 5. The minimum Gasteiger partial charge on any atom is -0.493 e. The molecule has 2 aromatic rings. The number of anilines is 1. The molecular formula is C20H24N2O3. The molecule has 0 aromatic heterocycles. The molecule has 2 amide bonds. The van der Waals surface area contributed by atoms with Crippen molar-refractivity contribution in [1.29, 1.82) is 0 Å². The molecule has 132 valence electrons. The third-order valence-electron chi connectivity index (χ3n) is 3.34. The molecule has 25 heavy (non-hydrogen) atoms. The van der Waals surface area contributed by atoms with Crippen LogP contribution in [0, 0.1) is 0 Å². The summed E-state index contributed by atoms with van der Waals surface area (Å²) < 4.78 is 5.50. The lowest BCUT2D eigenvalue weighted by atomic mass is 10.1. The van der Waals surface area contributed by atoms with E-state index in [9.17, 15) is 9.59 Å². The topological polar surface area (TPSA) is 67.4 Å². The zero-order valence-electron chi connectivity index (χ0n) is 15.1. The molecule has 5 heteroatoms. The van der Waals surface area contributed by atoms with Gasteiger partial charge in [-0.2, -0.15) is 0 Å². The van der Waals surface area contributed by atoms with Gasteiger partial charge in [-0.1, -0.05) is 24.3 Å². The number of amides is 2. The van der Waals surface area contributed by atoms with Gasteiger partial charge in [-0.05, 0) is 52.0 Å². The highest BCUT2D eigenvalue weighted by molar-refractivity contribution is 6.10. The zero-order chi connectivity index (χ0) is 18.4. The van der Waals surface area contributed by atoms with E-state index in [1.165, 1.54) is 0 Å². The van der Waals surface area contributed by atoms with Crippen LogP contribution in [-0.2, 0) is 0 Å². The van der Waals surface area contributed by atoms with Crippen LogP contribution in [0.2, 0.25) is 0 Å². The quantitative estimate of drug-likeness (QED) is 0.868. The number of hydrogen-bond acceptors (Lipinski definition) is 3. The Hall–Kier alpha value is -2.82. The Bertz CT molecular complexity index is 764. The van der Waals surface area contributed by atoms with Gasteiger partial charge >= 0.3 is 0 Å². The molecule has 2 rings (SSSR count). The molecule has 0 aliphatic rings. The SMILES string of the molecule is CCOc1ccccc1C(=O)Nc1ccccc1C(=O)NC(C)(C)C. The number of benzene rings is 2. The van der Waals surface area contributed by atoms with Crippen molar-refractivity contribution in [2.24, 2.45) is 0 Å². The average molecular weight is 340 g/mol. The lowest BCUT2D eigenvalue weighted by molar-refractivity contribution is 0.0920. The number of ether oxygens (including phenoxy) is 1. The maximum absolute atomic E-state index is 12.6. The third-order valence-corrected chi connectivity index (χ3v) is 3.34. The van der Waals surface area contributed by atoms with Crippen LogP contribution < -0.4 is 15.4 Å². The Kier molecular flexibility index (Phi) is 5.80. The van der Waals surface area contributed by atoms with Crippen LogP contribution in [0.3, 0.4) is 0 Å². The zero-order valence-corrected chi connectivity index (χ0v) is 15.1. The van der Waals surface area contributed by atoms with Crippen molar-refractivity contribution >= 4 is 17.5 Å². The highest BCUT2D eigenvalue weighted by atomic mass is 16.5. The first-order valence-corrected chi connectivity index (χ1v) is 8.26. The van der Waals surface area contributed by atoms with Crippen LogP contribution in [0.5, 0.6) is 5.75 Å². The summed E-state index contributed by atoms with van der Waals surface area (Å²) >= 11 is 0. The van der Waals surface area contributed by atoms with Crippen molar-refractivity contribution < 1.29 is 14.3 Å². The molecule has 0 fully saturated rings. The molecule has 0 radical (unpaired) electrons. The monoisotopic (exact) mass is 340 g/mol. The normalized spacial score (nSPS) is 10.9. The molecule has 5 nitrogen and oxygen atoms in total. The van der Waals surface area contributed by atoms with Crippen LogP contribution in [0.15, 0.2) is 48.5 Å². The maximum Gasteiger partial charge on any atom is 0.259 e. The van der Waals surface area contributed by atoms with Crippen LogP contribution >= 0.6 is 0 Å². The van der Waals surface area contributed by atoms with Crippen LogP contribution in [0.25, 0.3) is 0 Å². The van der Waals surface area contributed by atoms with Gasteiger partial charge in [0.2, 0.25) is 0 Å². The molecule has 0 unspecified atom stereocenters. The smallest absolute Gasteiger partial charge is 0.259 e. The lowest BCUT2D eigenvalue weighted by Crippen LogP contribution is -2.40. The summed E-state index contributed by atoms with van der Waals surface area (Å²) in [7, 11) is 0. The fourth-order valence-corrected chi connectivity index (χ4v) is 2.32. The lowest BCUT2D eigenvalue weighted by Gasteiger charge is -2.21. The van der Waals surface area contributed by atoms with Gasteiger partial charge in [0, 0.05) is 5.54 Å². The summed E-state index contributed by atoms with van der Waals surface area (Å²) in [4.78, 5) is 25.1. The Morgan fingerprint density at radius 3 is 2.16 bits per heavy atom. The first-order valence-electron chi connectivity index (χ1n) is 8.26. The molecule has 2 N–H and O–H groups in total. The summed E-state index contributed by atoms with van der Waals surface area (Å²) in [6.45, 7) is 8.05. The molecule has 0 aliphatic carbocycles. The second-order valence-corrected chi connectivity index (χ2v) is 6.63.